The molecule has 12 unspecified atom stereocenters. The molecule has 15 N–H and O–H groups in total. The summed E-state index contributed by atoms with van der Waals surface area (Å²) >= 11 is 0. The van der Waals surface area contributed by atoms with Crippen LogP contribution < -0.4 is 22.2 Å². The minimum atomic E-state index is -5.31. The van der Waals surface area contributed by atoms with Gasteiger partial charge in [0, 0.05) is 24.3 Å². The van der Waals surface area contributed by atoms with E-state index in [1.807, 2.05) is 16.4 Å². The molecule has 37 nitrogen and oxygen atoms in total. The molecule has 6 rings (SSSR count). The average molecular weight is 1370 g/mol. The van der Waals surface area contributed by atoms with Crippen molar-refractivity contribution in [1.82, 2.24) is 16.4 Å². The third-order valence-electron chi connectivity index (χ3n) is 16.2. The number of ether oxygens (including phenoxy) is 12. The highest BCUT2D eigenvalue weighted by Crippen LogP contribution is 2.40. The molecule has 6 fully saturated rings. The molecular weight excluding hydrogens is 1280 g/mol. The predicted octanol–water partition coefficient (Wildman–Crippen LogP) is -5.16. The summed E-state index contributed by atoms with van der Waals surface area (Å²) in [7, 11) is -19.1. The highest BCUT2D eigenvalue weighted by Gasteiger charge is 2.57. The van der Waals surface area contributed by atoms with E-state index in [1.165, 1.54) is 34.6 Å². The maximum Gasteiger partial charge on any atom is 0.413 e. The Morgan fingerprint density at radius 2 is 0.716 bits per heavy atom. The number of hydrogen-bond acceptors (Lipinski definition) is 34. The number of nitrogens with one attached hydrogen (secondary N) is 3. The number of nitrogens with two attached hydrogens (primary N) is 1. The minimum Gasteiger partial charge on any atom is -0.390 e. The minimum absolute atomic E-state index is 0.0353. The quantitative estimate of drug-likeness (QED) is 0.0189. The summed E-state index contributed by atoms with van der Waals surface area (Å²) < 4.78 is 210. The van der Waals surface area contributed by atoms with Gasteiger partial charge < -0.3 is 98.3 Å². The van der Waals surface area contributed by atoms with Crippen molar-refractivity contribution in [2.45, 2.75) is 254 Å². The zero-order valence-electron chi connectivity index (χ0n) is 49.5. The summed E-state index contributed by atoms with van der Waals surface area (Å²) in [6, 6.07) is -5.21. The van der Waals surface area contributed by atoms with Crippen LogP contribution in [0, 0.1) is 17.8 Å². The van der Waals surface area contributed by atoms with E-state index in [2.05, 4.69) is 12.9 Å². The largest absolute Gasteiger partial charge is 0.413 e. The van der Waals surface area contributed by atoms with Crippen molar-refractivity contribution in [3.8, 4) is 0 Å². The van der Waals surface area contributed by atoms with E-state index in [0.717, 1.165) is 0 Å². The van der Waals surface area contributed by atoms with E-state index in [1.54, 1.807) is 27.7 Å². The lowest BCUT2D eigenvalue weighted by Gasteiger charge is -2.51. The molecule has 6 saturated heterocycles. The van der Waals surface area contributed by atoms with Crippen LogP contribution in [0.4, 0.5) is 0 Å². The van der Waals surface area contributed by atoms with Gasteiger partial charge in [0.2, 0.25) is 0 Å². The van der Waals surface area contributed by atoms with E-state index in [0.29, 0.717) is 0 Å². The first-order chi connectivity index (χ1) is 40.9. The Morgan fingerprint density at radius 1 is 0.398 bits per heavy atom. The van der Waals surface area contributed by atoms with Crippen LogP contribution in [0.5, 0.6) is 0 Å². The predicted molar refractivity (Wildman–Crippen MR) is 291 cm³/mol. The molecule has 0 aromatic heterocycles. The number of aliphatic hydroxyl groups excluding tert-OH is 7. The summed E-state index contributed by atoms with van der Waals surface area (Å²) in [4.78, 5) is 0. The maximum absolute atomic E-state index is 12.1. The molecule has 30 atom stereocenters. The van der Waals surface area contributed by atoms with Crippen molar-refractivity contribution >= 4 is 41.0 Å². The van der Waals surface area contributed by atoms with Gasteiger partial charge in [0.15, 0.2) is 47.6 Å². The fourth-order valence-corrected chi connectivity index (χ4v) is 13.1. The van der Waals surface area contributed by atoms with Gasteiger partial charge in [-0.2, -0.15) is 54.5 Å². The van der Waals surface area contributed by atoms with Gasteiger partial charge in [0.25, 0.3) is 0 Å². The second-order valence-corrected chi connectivity index (χ2v) is 28.0. The van der Waals surface area contributed by atoms with Crippen LogP contribution in [0.15, 0.2) is 0 Å². The molecule has 0 bridgehead atoms. The Hall–Kier alpha value is -1.36. The Bertz CT molecular complexity index is 2650. The summed E-state index contributed by atoms with van der Waals surface area (Å²) in [5.41, 5.74) is 11.3. The monoisotopic (exact) mass is 1360 g/mol. The zero-order valence-corrected chi connectivity index (χ0v) is 52.8. The Morgan fingerprint density at radius 3 is 1.06 bits per heavy atom. The standard InChI is InChI=1S/C47H88N4O33S4/c1-10-24-33(55)34(56)27(49-82-86(61,62)63)45(74-24)77-38-22(8)72-43(19(5)31(38)53)80-41-26(12-3)76-47(29(36(41)58)51-84-88(67,68)69)79-39-23(9)73-44(20(6)32(39)54)81-40-25(11-2)75-46(28(35(40)57)50-83-87(64,65)66)78-37-21(7)71-42(18(4)30(37)52)70-15-13-16-85(59,60)17-14-48/h18-47,49-58H,10-17,48H2,1-9H3,(H,61,62,63)(H,64,65,66)(H,67,68,69)/t18-,19-,20-,21?,22?,23?,24?,25?,26?,27-,28-,29-,30?,31?,32?,33+,34?,35?,36?,37+,38+,39+,40+,41+,42+,43-,44-,45+,46+,47+/m0/s1. The van der Waals surface area contributed by atoms with Crippen molar-refractivity contribution in [3.05, 3.63) is 0 Å². The Kier molecular flexibility index (Phi) is 27.4. The zero-order chi connectivity index (χ0) is 65.7. The number of aliphatic hydroxyl groups is 7. The van der Waals surface area contributed by atoms with Crippen molar-refractivity contribution < 1.29 is 153 Å². The second-order valence-electron chi connectivity index (χ2n) is 22.6. The number of rotatable bonds is 29. The van der Waals surface area contributed by atoms with Crippen molar-refractivity contribution in [2.75, 3.05) is 24.7 Å². The van der Waals surface area contributed by atoms with Gasteiger partial charge in [-0.15, -0.1) is 0 Å². The molecule has 0 aromatic rings. The highest BCUT2D eigenvalue weighted by atomic mass is 32.3. The third kappa shape index (κ3) is 19.4. The van der Waals surface area contributed by atoms with E-state index < -0.39 is 225 Å². The number of hydroxylamine groups is 3. The van der Waals surface area contributed by atoms with Crippen LogP contribution in [-0.4, -0.2) is 273 Å². The lowest BCUT2D eigenvalue weighted by Crippen LogP contribution is -2.68. The van der Waals surface area contributed by atoms with Crippen LogP contribution in [0.1, 0.15) is 88.0 Å². The fraction of sp³-hybridized carbons (Fsp3) is 1.00. The van der Waals surface area contributed by atoms with Gasteiger partial charge >= 0.3 is 31.2 Å². The first-order valence-corrected chi connectivity index (χ1v) is 34.6. The van der Waals surface area contributed by atoms with Crippen LogP contribution in [-0.2, 0) is 111 Å². The second kappa shape index (κ2) is 31.9. The van der Waals surface area contributed by atoms with Gasteiger partial charge in [-0.05, 0) is 46.5 Å². The van der Waals surface area contributed by atoms with Crippen molar-refractivity contribution in [3.63, 3.8) is 0 Å². The lowest BCUT2D eigenvalue weighted by molar-refractivity contribution is -0.375. The number of sulfone groups is 1. The lowest BCUT2D eigenvalue weighted by atomic mass is 9.90. The summed E-state index contributed by atoms with van der Waals surface area (Å²) in [6.07, 6.45) is -33.9. The summed E-state index contributed by atoms with van der Waals surface area (Å²) in [6.45, 7) is 13.7. The molecule has 0 amide bonds. The van der Waals surface area contributed by atoms with Crippen LogP contribution in [0.3, 0.4) is 0 Å². The van der Waals surface area contributed by atoms with Gasteiger partial charge in [-0.3, -0.25) is 13.7 Å². The molecular formula is C47H88N4O33S4. The summed E-state index contributed by atoms with van der Waals surface area (Å²) in [5.74, 6) is -3.37. The van der Waals surface area contributed by atoms with Crippen molar-refractivity contribution in [2.24, 2.45) is 23.5 Å². The van der Waals surface area contributed by atoms with Crippen LogP contribution in [0.2, 0.25) is 0 Å². The molecule has 0 radical (unpaired) electrons. The van der Waals surface area contributed by atoms with Gasteiger partial charge in [-0.25, -0.2) is 8.42 Å². The Labute approximate surface area is 510 Å². The van der Waals surface area contributed by atoms with E-state index in [-0.39, 0.29) is 50.3 Å². The molecule has 6 aliphatic rings. The van der Waals surface area contributed by atoms with Gasteiger partial charge in [0.1, 0.15) is 73.1 Å². The SMILES string of the molecule is CCC1O[C@H](O[C@@H]2C(C)O[C@@H](O[C@@H]3C(CC)O[C@H](O[C@@H]4C(C)O[C@@H](O[C@@H]5C(CC)O[C@H](O[C@@H]6C(C)O[C@@H](OCCCS(=O)(=O)CCN)[C@@H](C)C6O)[C@@H](NOS(=O)(=O)O)C5O)[C@@H](C)C4O)[C@@H](NOS(=O)(=O)O)C3O)[C@@H](C)C2O)[C@@H](NOS(=O)(=O)O)C(O)[C@@H]1O. The fourth-order valence-electron chi connectivity index (χ4n) is 11.2. The van der Waals surface area contributed by atoms with E-state index in [4.69, 9.17) is 62.6 Å². The smallest absolute Gasteiger partial charge is 0.390 e. The molecule has 0 aromatic carbocycles. The topological polar surface area (TPSA) is 539 Å². The normalized spacial score (nSPS) is 44.2. The van der Waals surface area contributed by atoms with Gasteiger partial charge in [0.05, 0.1) is 73.0 Å². The molecule has 0 saturated carbocycles. The molecule has 0 aliphatic carbocycles. The van der Waals surface area contributed by atoms with Crippen LogP contribution in [0.25, 0.3) is 0 Å². The summed E-state index contributed by atoms with van der Waals surface area (Å²) in [5, 5.41) is 80.6. The maximum atomic E-state index is 12.1. The first kappa shape index (κ1) is 75.7. The highest BCUT2D eigenvalue weighted by molar-refractivity contribution is 7.91. The van der Waals surface area contributed by atoms with E-state index in [9.17, 15) is 83.1 Å². The van der Waals surface area contributed by atoms with Crippen LogP contribution >= 0.6 is 0 Å². The molecule has 0 spiro atoms. The molecule has 518 valence electrons. The number of hydrogen-bond donors (Lipinski definition) is 14. The Balaban J connectivity index is 1.13. The first-order valence-electron chi connectivity index (χ1n) is 28.7. The third-order valence-corrected chi connectivity index (χ3v) is 18.9. The molecule has 6 heterocycles. The molecule has 88 heavy (non-hydrogen) atoms. The average Bonchev–Trinajstić information content (AvgIpc) is 1.15. The molecule has 6 aliphatic heterocycles. The van der Waals surface area contributed by atoms with Gasteiger partial charge in [-0.1, -0.05) is 41.5 Å². The molecule has 41 heteroatoms. The van der Waals surface area contributed by atoms with Crippen molar-refractivity contribution in [1.29, 1.82) is 0 Å². The van der Waals surface area contributed by atoms with E-state index >= 15 is 0 Å².